The molecule has 174 valence electrons. The van der Waals surface area contributed by atoms with Gasteiger partial charge in [0.05, 0.1) is 11.8 Å². The average Bonchev–Trinajstić information content (AvgIpc) is 3.26. The van der Waals surface area contributed by atoms with E-state index in [2.05, 4.69) is 9.97 Å². The van der Waals surface area contributed by atoms with Crippen LogP contribution in [0, 0.1) is 0 Å². The third-order valence-corrected chi connectivity index (χ3v) is 7.44. The molecule has 9 heteroatoms. The predicted molar refractivity (Wildman–Crippen MR) is 121 cm³/mol. The molecule has 1 saturated carbocycles. The highest BCUT2D eigenvalue weighted by Gasteiger charge is 2.33. The van der Waals surface area contributed by atoms with Crippen LogP contribution in [0.1, 0.15) is 75.7 Å². The van der Waals surface area contributed by atoms with Crippen molar-refractivity contribution in [3.8, 4) is 5.88 Å². The van der Waals surface area contributed by atoms with Crippen molar-refractivity contribution >= 4 is 33.6 Å². The maximum Gasteiger partial charge on any atom is 0.410 e. The predicted octanol–water partition coefficient (Wildman–Crippen LogP) is 4.75. The molecule has 0 bridgehead atoms. The lowest BCUT2D eigenvalue weighted by molar-refractivity contribution is -0.137. The summed E-state index contributed by atoms with van der Waals surface area (Å²) in [6, 6.07) is 0.125. The van der Waals surface area contributed by atoms with E-state index < -0.39 is 11.6 Å². The van der Waals surface area contributed by atoms with Crippen molar-refractivity contribution in [2.75, 3.05) is 7.05 Å². The number of carbonyl (C=O) groups is 2. The van der Waals surface area contributed by atoms with Crippen molar-refractivity contribution in [3.05, 3.63) is 16.8 Å². The second-order valence-electron chi connectivity index (χ2n) is 9.77. The number of carboxylic acids is 1. The minimum Gasteiger partial charge on any atom is -0.481 e. The minimum absolute atomic E-state index is 0.00580. The third kappa shape index (κ3) is 4.82. The van der Waals surface area contributed by atoms with Crippen molar-refractivity contribution in [1.82, 2.24) is 14.9 Å². The number of rotatable bonds is 5. The molecule has 32 heavy (non-hydrogen) atoms. The van der Waals surface area contributed by atoms with Gasteiger partial charge in [-0.25, -0.2) is 14.8 Å². The van der Waals surface area contributed by atoms with Gasteiger partial charge < -0.3 is 19.5 Å². The Morgan fingerprint density at radius 1 is 1.19 bits per heavy atom. The summed E-state index contributed by atoms with van der Waals surface area (Å²) in [5, 5.41) is 10.2. The molecule has 0 saturated heterocycles. The normalized spacial score (nSPS) is 23.1. The van der Waals surface area contributed by atoms with Crippen LogP contribution >= 0.6 is 11.3 Å². The Bertz CT molecular complexity index is 1010. The summed E-state index contributed by atoms with van der Waals surface area (Å²) < 4.78 is 11.8. The molecule has 1 amide bonds. The summed E-state index contributed by atoms with van der Waals surface area (Å²) >= 11 is 1.62. The van der Waals surface area contributed by atoms with Gasteiger partial charge in [-0.2, -0.15) is 0 Å². The molecule has 1 atom stereocenters. The second kappa shape index (κ2) is 8.84. The summed E-state index contributed by atoms with van der Waals surface area (Å²) in [4.78, 5) is 36.3. The molecular formula is C23H31N3O5S. The van der Waals surface area contributed by atoms with E-state index in [-0.39, 0.29) is 30.6 Å². The number of hydrogen-bond acceptors (Lipinski definition) is 7. The Kier molecular flexibility index (Phi) is 6.29. The Hall–Kier alpha value is -2.42. The summed E-state index contributed by atoms with van der Waals surface area (Å²) in [7, 11) is 1.80. The van der Waals surface area contributed by atoms with Gasteiger partial charge in [0.25, 0.3) is 0 Å². The summed E-state index contributed by atoms with van der Waals surface area (Å²) in [5.74, 6) is -0.231. The molecule has 0 radical (unpaired) electrons. The number of carbonyl (C=O) groups excluding carboxylic acids is 1. The van der Waals surface area contributed by atoms with Gasteiger partial charge in [-0.15, -0.1) is 11.3 Å². The number of thiophene rings is 1. The molecule has 2 aliphatic rings. The van der Waals surface area contributed by atoms with E-state index in [4.69, 9.17) is 9.47 Å². The molecule has 2 aliphatic carbocycles. The van der Waals surface area contributed by atoms with Crippen LogP contribution in [0.5, 0.6) is 5.88 Å². The Labute approximate surface area is 191 Å². The van der Waals surface area contributed by atoms with E-state index in [1.54, 1.807) is 23.3 Å². The number of ether oxygens (including phenoxy) is 2. The molecular weight excluding hydrogens is 430 g/mol. The topological polar surface area (TPSA) is 102 Å². The second-order valence-corrected chi connectivity index (χ2v) is 10.9. The largest absolute Gasteiger partial charge is 0.481 e. The Balaban J connectivity index is 1.44. The minimum atomic E-state index is -0.783. The molecule has 0 unspecified atom stereocenters. The van der Waals surface area contributed by atoms with E-state index in [9.17, 15) is 14.7 Å². The van der Waals surface area contributed by atoms with E-state index in [1.807, 2.05) is 20.8 Å². The highest BCUT2D eigenvalue weighted by Crippen LogP contribution is 2.47. The number of hydrogen-bond donors (Lipinski definition) is 1. The highest BCUT2D eigenvalue weighted by atomic mass is 32.1. The lowest BCUT2D eigenvalue weighted by Crippen LogP contribution is -2.43. The van der Waals surface area contributed by atoms with Crippen molar-refractivity contribution in [1.29, 1.82) is 0 Å². The molecule has 0 aliphatic heterocycles. The highest BCUT2D eigenvalue weighted by molar-refractivity contribution is 7.19. The molecule has 8 nitrogen and oxygen atoms in total. The summed E-state index contributed by atoms with van der Waals surface area (Å²) in [6.45, 7) is 5.61. The van der Waals surface area contributed by atoms with E-state index in [0.29, 0.717) is 5.88 Å². The zero-order valence-corrected chi connectivity index (χ0v) is 19.9. The lowest BCUT2D eigenvalue weighted by Gasteiger charge is -2.35. The number of fused-ring (bicyclic) bond motifs is 3. The van der Waals surface area contributed by atoms with Crippen LogP contribution in [0.3, 0.4) is 0 Å². The molecule has 2 heterocycles. The van der Waals surface area contributed by atoms with Crippen molar-refractivity contribution in [3.63, 3.8) is 0 Å². The van der Waals surface area contributed by atoms with Gasteiger partial charge >= 0.3 is 12.1 Å². The van der Waals surface area contributed by atoms with E-state index in [1.165, 1.54) is 11.2 Å². The molecule has 0 aromatic carbocycles. The monoisotopic (exact) mass is 461 g/mol. The maximum atomic E-state index is 12.4. The number of aromatic nitrogens is 2. The van der Waals surface area contributed by atoms with Gasteiger partial charge in [0.15, 0.2) is 0 Å². The number of aliphatic carboxylic acids is 1. The zero-order valence-electron chi connectivity index (χ0n) is 19.1. The molecule has 4 rings (SSSR count). The molecule has 1 N–H and O–H groups in total. The molecule has 2 aromatic heterocycles. The molecule has 2 aromatic rings. The SMILES string of the molecule is CN(C(=O)OC(C)(C)C)[C@H]1CC[C@H](Oc2ncnc3sc4c(c23)[C@@H](CC(=O)O)CC4)CC1. The molecule has 0 spiro atoms. The average molecular weight is 462 g/mol. The lowest BCUT2D eigenvalue weighted by atomic mass is 9.92. The van der Waals surface area contributed by atoms with Gasteiger partial charge in [0.2, 0.25) is 5.88 Å². The third-order valence-electron chi connectivity index (χ3n) is 6.27. The number of nitrogens with zero attached hydrogens (tertiary/aromatic N) is 3. The first-order valence-electron chi connectivity index (χ1n) is 11.2. The fourth-order valence-electron chi connectivity index (χ4n) is 4.74. The number of amides is 1. The summed E-state index contributed by atoms with van der Waals surface area (Å²) in [5.41, 5.74) is 0.560. The van der Waals surface area contributed by atoms with Gasteiger partial charge in [-0.3, -0.25) is 4.79 Å². The van der Waals surface area contributed by atoms with Crippen LogP contribution in [-0.4, -0.2) is 56.8 Å². The standard InChI is InChI=1S/C23H31N3O5S/c1-23(2,3)31-22(29)26(4)14-6-8-15(9-7-14)30-20-19-18-13(11-17(27)28)5-10-16(18)32-21(19)25-12-24-20/h12-15H,5-11H2,1-4H3,(H,27,28)/t13-,14-,15-/m1/s1. The number of aryl methyl sites for hydroxylation is 1. The Morgan fingerprint density at radius 2 is 1.91 bits per heavy atom. The van der Waals surface area contributed by atoms with Crippen LogP contribution in [0.15, 0.2) is 6.33 Å². The zero-order chi connectivity index (χ0) is 23.0. The maximum absolute atomic E-state index is 12.4. The van der Waals surface area contributed by atoms with Crippen LogP contribution in [-0.2, 0) is 16.0 Å². The van der Waals surface area contributed by atoms with E-state index in [0.717, 1.165) is 54.3 Å². The quantitative estimate of drug-likeness (QED) is 0.685. The van der Waals surface area contributed by atoms with Gasteiger partial charge in [-0.05, 0) is 70.8 Å². The van der Waals surface area contributed by atoms with Gasteiger partial charge in [-0.1, -0.05) is 0 Å². The van der Waals surface area contributed by atoms with Crippen molar-refractivity contribution in [2.24, 2.45) is 0 Å². The first-order chi connectivity index (χ1) is 15.1. The van der Waals surface area contributed by atoms with Crippen molar-refractivity contribution < 1.29 is 24.2 Å². The fraction of sp³-hybridized carbons (Fsp3) is 0.652. The van der Waals surface area contributed by atoms with Crippen molar-refractivity contribution in [2.45, 2.75) is 89.4 Å². The van der Waals surface area contributed by atoms with Gasteiger partial charge in [0.1, 0.15) is 22.9 Å². The first-order valence-corrected chi connectivity index (χ1v) is 12.0. The summed E-state index contributed by atoms with van der Waals surface area (Å²) in [6.07, 6.45) is 6.38. The first kappa shape index (κ1) is 22.8. The van der Waals surface area contributed by atoms with Crippen LogP contribution in [0.4, 0.5) is 4.79 Å². The van der Waals surface area contributed by atoms with Crippen LogP contribution in [0.25, 0.3) is 10.2 Å². The fourth-order valence-corrected chi connectivity index (χ4v) is 5.97. The molecule has 1 fully saturated rings. The van der Waals surface area contributed by atoms with E-state index >= 15 is 0 Å². The number of carboxylic acid groups (broad SMARTS) is 1. The van der Waals surface area contributed by atoms with Crippen LogP contribution < -0.4 is 4.74 Å². The Morgan fingerprint density at radius 3 is 2.56 bits per heavy atom. The smallest absolute Gasteiger partial charge is 0.410 e. The van der Waals surface area contributed by atoms with Gasteiger partial charge in [0, 0.05) is 18.0 Å². The van der Waals surface area contributed by atoms with Crippen LogP contribution in [0.2, 0.25) is 0 Å².